The molecule has 2 unspecified atom stereocenters. The number of nitrogens with zero attached hydrogens (tertiary/aromatic N) is 2. The van der Waals surface area contributed by atoms with Crippen molar-refractivity contribution >= 4 is 21.7 Å². The molecule has 0 saturated carbocycles. The molecule has 154 valence electrons. The maximum absolute atomic E-state index is 12.6. The van der Waals surface area contributed by atoms with Crippen LogP contribution in [0, 0.1) is 6.92 Å². The Bertz CT molecular complexity index is 889. The fraction of sp³-hybridized carbons (Fsp3) is 0.474. The van der Waals surface area contributed by atoms with Crippen LogP contribution >= 0.6 is 0 Å². The molecule has 1 heterocycles. The highest BCUT2D eigenvalue weighted by atomic mass is 32.2. The molecule has 8 nitrogen and oxygen atoms in total. The molecular weight excluding hydrogens is 380 g/mol. The minimum Gasteiger partial charge on any atom is -0.360 e. The normalized spacial score (nSPS) is 14.1. The van der Waals surface area contributed by atoms with Crippen LogP contribution in [-0.4, -0.2) is 42.9 Å². The van der Waals surface area contributed by atoms with Gasteiger partial charge in [0.1, 0.15) is 5.76 Å². The van der Waals surface area contributed by atoms with Crippen LogP contribution in [0.1, 0.15) is 45.1 Å². The molecule has 28 heavy (non-hydrogen) atoms. The van der Waals surface area contributed by atoms with Gasteiger partial charge >= 0.3 is 0 Å². The Labute approximate surface area is 166 Å². The summed E-state index contributed by atoms with van der Waals surface area (Å²) in [6.07, 6.45) is 0. The second-order valence-corrected chi connectivity index (χ2v) is 8.52. The van der Waals surface area contributed by atoms with Crippen LogP contribution in [0.5, 0.6) is 0 Å². The van der Waals surface area contributed by atoms with Crippen LogP contribution in [0.4, 0.5) is 5.82 Å². The number of rotatable bonds is 9. The molecule has 1 aromatic carbocycles. The largest absolute Gasteiger partial charge is 0.360 e. The minimum absolute atomic E-state index is 0.148. The maximum atomic E-state index is 12.6. The van der Waals surface area contributed by atoms with Crippen molar-refractivity contribution in [2.75, 3.05) is 18.4 Å². The third-order valence-corrected chi connectivity index (χ3v) is 6.56. The third kappa shape index (κ3) is 5.18. The predicted molar refractivity (Wildman–Crippen MR) is 107 cm³/mol. The number of aryl methyl sites for hydroxylation is 1. The fourth-order valence-corrected chi connectivity index (χ4v) is 4.31. The summed E-state index contributed by atoms with van der Waals surface area (Å²) in [5.74, 6) is 0.750. The highest BCUT2D eigenvalue weighted by Crippen LogP contribution is 2.20. The zero-order valence-corrected chi connectivity index (χ0v) is 17.7. The molecule has 2 N–H and O–H groups in total. The lowest BCUT2D eigenvalue weighted by atomic mass is 10.1. The van der Waals surface area contributed by atoms with Gasteiger partial charge in [0.2, 0.25) is 15.9 Å². The average Bonchev–Trinajstić information content (AvgIpc) is 3.07. The smallest absolute Gasteiger partial charge is 0.243 e. The lowest BCUT2D eigenvalue weighted by molar-refractivity contribution is -0.118. The molecule has 0 aliphatic carbocycles. The summed E-state index contributed by atoms with van der Waals surface area (Å²) in [4.78, 5) is 12.5. The van der Waals surface area contributed by atoms with Gasteiger partial charge in [-0.05, 0) is 38.5 Å². The van der Waals surface area contributed by atoms with Gasteiger partial charge in [0.25, 0.3) is 0 Å². The van der Waals surface area contributed by atoms with E-state index in [-0.39, 0.29) is 16.8 Å². The first-order valence-electron chi connectivity index (χ1n) is 9.29. The summed E-state index contributed by atoms with van der Waals surface area (Å²) in [5, 5.41) is 9.62. The van der Waals surface area contributed by atoms with Gasteiger partial charge in [0.15, 0.2) is 5.82 Å². The molecular formula is C19H28N4O4S. The number of benzene rings is 1. The second kappa shape index (κ2) is 9.31. The molecule has 0 radical (unpaired) electrons. The van der Waals surface area contributed by atoms with Gasteiger partial charge in [0, 0.05) is 25.2 Å². The van der Waals surface area contributed by atoms with Crippen molar-refractivity contribution in [3.63, 3.8) is 0 Å². The molecule has 0 aliphatic rings. The van der Waals surface area contributed by atoms with Gasteiger partial charge in [-0.15, -0.1) is 0 Å². The zero-order valence-electron chi connectivity index (χ0n) is 16.9. The van der Waals surface area contributed by atoms with E-state index in [1.807, 2.05) is 20.8 Å². The van der Waals surface area contributed by atoms with Crippen LogP contribution in [0.15, 0.2) is 39.8 Å². The van der Waals surface area contributed by atoms with Crippen LogP contribution in [0.2, 0.25) is 0 Å². The number of amides is 1. The van der Waals surface area contributed by atoms with Gasteiger partial charge in [-0.3, -0.25) is 10.1 Å². The molecule has 0 saturated heterocycles. The Morgan fingerprint density at radius 3 is 2.29 bits per heavy atom. The first kappa shape index (κ1) is 22.1. The Morgan fingerprint density at radius 2 is 1.79 bits per heavy atom. The molecule has 2 atom stereocenters. The molecule has 0 fully saturated rings. The number of hydrogen-bond donors (Lipinski definition) is 2. The summed E-state index contributed by atoms with van der Waals surface area (Å²) in [6, 6.07) is 7.74. The second-order valence-electron chi connectivity index (χ2n) is 6.58. The Balaban J connectivity index is 2.02. The van der Waals surface area contributed by atoms with Crippen molar-refractivity contribution in [1.29, 1.82) is 0 Å². The SMILES string of the molecule is CCN(CC)S(=O)(=O)c1ccc(C(C)NC(C)C(=O)Nc2cc(C)on2)cc1. The van der Waals surface area contributed by atoms with Crippen molar-refractivity contribution in [2.24, 2.45) is 0 Å². The van der Waals surface area contributed by atoms with Crippen LogP contribution in [-0.2, 0) is 14.8 Å². The number of carbonyl (C=O) groups is 1. The van der Waals surface area contributed by atoms with Crippen LogP contribution in [0.25, 0.3) is 0 Å². The van der Waals surface area contributed by atoms with E-state index in [9.17, 15) is 13.2 Å². The lowest BCUT2D eigenvalue weighted by Crippen LogP contribution is -2.39. The Morgan fingerprint density at radius 1 is 1.18 bits per heavy atom. The highest BCUT2D eigenvalue weighted by Gasteiger charge is 2.22. The number of carbonyl (C=O) groups excluding carboxylic acids is 1. The summed E-state index contributed by atoms with van der Waals surface area (Å²) in [5.41, 5.74) is 0.885. The molecule has 9 heteroatoms. The zero-order chi connectivity index (χ0) is 20.9. The number of aromatic nitrogens is 1. The summed E-state index contributed by atoms with van der Waals surface area (Å²) in [7, 11) is -3.48. The third-order valence-electron chi connectivity index (χ3n) is 4.50. The molecule has 2 rings (SSSR count). The van der Waals surface area contributed by atoms with E-state index < -0.39 is 16.1 Å². The average molecular weight is 409 g/mol. The van der Waals surface area contributed by atoms with E-state index in [2.05, 4.69) is 15.8 Å². The molecule has 1 amide bonds. The Hall–Kier alpha value is -2.23. The minimum atomic E-state index is -3.48. The monoisotopic (exact) mass is 408 g/mol. The van der Waals surface area contributed by atoms with Crippen molar-refractivity contribution in [2.45, 2.75) is 51.6 Å². The van der Waals surface area contributed by atoms with E-state index in [4.69, 9.17) is 4.52 Å². The summed E-state index contributed by atoms with van der Waals surface area (Å²) < 4.78 is 31.5. The summed E-state index contributed by atoms with van der Waals surface area (Å²) >= 11 is 0. The van der Waals surface area contributed by atoms with Crippen molar-refractivity contribution in [3.8, 4) is 0 Å². The van der Waals surface area contributed by atoms with E-state index in [1.165, 1.54) is 4.31 Å². The number of nitrogens with one attached hydrogen (secondary N) is 2. The van der Waals surface area contributed by atoms with Crippen molar-refractivity contribution in [1.82, 2.24) is 14.8 Å². The van der Waals surface area contributed by atoms with E-state index in [1.54, 1.807) is 44.2 Å². The van der Waals surface area contributed by atoms with Gasteiger partial charge in [-0.2, -0.15) is 4.31 Å². The topological polar surface area (TPSA) is 105 Å². The Kier molecular flexibility index (Phi) is 7.34. The molecule has 1 aromatic heterocycles. The standard InChI is InChI=1S/C19H28N4O4S/c1-6-23(7-2)28(25,26)17-10-8-16(9-11-17)14(4)20-15(5)19(24)21-18-12-13(3)27-22-18/h8-12,14-15,20H,6-7H2,1-5H3,(H,21,22,24). The van der Waals surface area contributed by atoms with Crippen molar-refractivity contribution < 1.29 is 17.7 Å². The first-order valence-corrected chi connectivity index (χ1v) is 10.7. The van der Waals surface area contributed by atoms with Gasteiger partial charge < -0.3 is 9.84 Å². The van der Waals surface area contributed by atoms with Gasteiger partial charge in [0.05, 0.1) is 10.9 Å². The molecule has 2 aromatic rings. The van der Waals surface area contributed by atoms with Crippen molar-refractivity contribution in [3.05, 3.63) is 41.7 Å². The lowest BCUT2D eigenvalue weighted by Gasteiger charge is -2.21. The first-order chi connectivity index (χ1) is 13.2. The van der Waals surface area contributed by atoms with Crippen LogP contribution < -0.4 is 10.6 Å². The van der Waals surface area contributed by atoms with Crippen LogP contribution in [0.3, 0.4) is 0 Å². The fourth-order valence-electron chi connectivity index (χ4n) is 2.85. The maximum Gasteiger partial charge on any atom is 0.243 e. The number of sulfonamides is 1. The molecule has 0 bridgehead atoms. The molecule has 0 spiro atoms. The van der Waals surface area contributed by atoms with E-state index >= 15 is 0 Å². The van der Waals surface area contributed by atoms with Gasteiger partial charge in [-0.25, -0.2) is 8.42 Å². The highest BCUT2D eigenvalue weighted by molar-refractivity contribution is 7.89. The predicted octanol–water partition coefficient (Wildman–Crippen LogP) is 2.69. The molecule has 0 aliphatic heterocycles. The van der Waals surface area contributed by atoms with E-state index in [0.717, 1.165) is 5.56 Å². The quantitative estimate of drug-likeness (QED) is 0.661. The van der Waals surface area contributed by atoms with E-state index in [0.29, 0.717) is 24.7 Å². The van der Waals surface area contributed by atoms with Gasteiger partial charge in [-0.1, -0.05) is 31.1 Å². The number of anilines is 1. The summed E-state index contributed by atoms with van der Waals surface area (Å²) in [6.45, 7) is 9.89. The number of hydrogen-bond acceptors (Lipinski definition) is 6.